The molecule has 2 amide bonds. The van der Waals surface area contributed by atoms with Crippen LogP contribution in [0.2, 0.25) is 0 Å². The van der Waals surface area contributed by atoms with Gasteiger partial charge in [-0.15, -0.1) is 0 Å². The van der Waals surface area contributed by atoms with E-state index in [9.17, 15) is 4.79 Å². The Kier molecular flexibility index (Phi) is 4.03. The van der Waals surface area contributed by atoms with Crippen LogP contribution in [0.4, 0.5) is 4.79 Å². The van der Waals surface area contributed by atoms with Gasteiger partial charge in [0.25, 0.3) is 0 Å². The number of urea groups is 1. The fourth-order valence-electron chi connectivity index (χ4n) is 2.24. The number of hydrogen-bond donors (Lipinski definition) is 2. The number of carbonyl (C=O) groups is 1. The summed E-state index contributed by atoms with van der Waals surface area (Å²) in [4.78, 5) is 11.7. The van der Waals surface area contributed by atoms with E-state index in [4.69, 9.17) is 0 Å². The zero-order valence-corrected chi connectivity index (χ0v) is 9.61. The van der Waals surface area contributed by atoms with Crippen molar-refractivity contribution in [2.75, 3.05) is 0 Å². The van der Waals surface area contributed by atoms with Gasteiger partial charge in [-0.2, -0.15) is 0 Å². The van der Waals surface area contributed by atoms with Crippen molar-refractivity contribution in [2.24, 2.45) is 0 Å². The Morgan fingerprint density at radius 2 is 1.44 bits per heavy atom. The third-order valence-corrected chi connectivity index (χ3v) is 3.14. The van der Waals surface area contributed by atoms with Crippen molar-refractivity contribution >= 4 is 6.03 Å². The summed E-state index contributed by atoms with van der Waals surface area (Å²) in [5.74, 6) is 0. The third-order valence-electron chi connectivity index (χ3n) is 3.14. The fraction of sp³-hybridized carbons (Fsp3) is 0.615. The summed E-state index contributed by atoms with van der Waals surface area (Å²) in [5.41, 5.74) is 0. The quantitative estimate of drug-likeness (QED) is 0.690. The molecule has 0 unspecified atom stereocenters. The van der Waals surface area contributed by atoms with E-state index in [1.54, 1.807) is 0 Å². The summed E-state index contributed by atoms with van der Waals surface area (Å²) in [6.07, 6.45) is 15.2. The van der Waals surface area contributed by atoms with Crippen molar-refractivity contribution in [2.45, 2.75) is 50.6 Å². The maximum absolute atomic E-state index is 11.7. The smallest absolute Gasteiger partial charge is 0.315 e. The molecular weight excluding hydrogens is 200 g/mol. The summed E-state index contributed by atoms with van der Waals surface area (Å²) in [7, 11) is 0. The lowest BCUT2D eigenvalue weighted by Crippen LogP contribution is -2.45. The first-order valence-electron chi connectivity index (χ1n) is 6.25. The van der Waals surface area contributed by atoms with E-state index < -0.39 is 0 Å². The lowest BCUT2D eigenvalue weighted by atomic mass is 10.0. The molecule has 2 atom stereocenters. The lowest BCUT2D eigenvalue weighted by molar-refractivity contribution is 0.235. The first-order chi connectivity index (χ1) is 7.84. The average Bonchev–Trinajstić information content (AvgIpc) is 2.31. The lowest BCUT2D eigenvalue weighted by Gasteiger charge is -2.22. The highest BCUT2D eigenvalue weighted by molar-refractivity contribution is 5.75. The number of nitrogens with one attached hydrogen (secondary N) is 2. The molecule has 0 saturated heterocycles. The van der Waals surface area contributed by atoms with Crippen molar-refractivity contribution < 1.29 is 4.79 Å². The number of amides is 2. The van der Waals surface area contributed by atoms with Crippen molar-refractivity contribution in [3.8, 4) is 0 Å². The van der Waals surface area contributed by atoms with E-state index in [2.05, 4.69) is 34.9 Å². The van der Waals surface area contributed by atoms with E-state index in [1.807, 2.05) is 0 Å². The molecule has 0 aliphatic heterocycles. The van der Waals surface area contributed by atoms with Crippen LogP contribution in [0.15, 0.2) is 24.3 Å². The summed E-state index contributed by atoms with van der Waals surface area (Å²) < 4.78 is 0. The van der Waals surface area contributed by atoms with Gasteiger partial charge in [0.1, 0.15) is 0 Å². The standard InChI is InChI=1S/C13H20N2O/c16-13(14-11-7-3-1-4-8-11)15-12-9-5-2-6-10-12/h3,5,7,9,11-12H,1-2,4,6,8,10H2,(H2,14,15,16)/t11-,12+. The van der Waals surface area contributed by atoms with Crippen LogP contribution in [-0.2, 0) is 0 Å². The summed E-state index contributed by atoms with van der Waals surface area (Å²) in [6, 6.07) is 0.413. The second kappa shape index (κ2) is 5.73. The minimum absolute atomic E-state index is 0.0342. The van der Waals surface area contributed by atoms with Gasteiger partial charge in [-0.1, -0.05) is 24.3 Å². The van der Waals surface area contributed by atoms with Crippen LogP contribution in [0.1, 0.15) is 38.5 Å². The van der Waals surface area contributed by atoms with Gasteiger partial charge in [-0.3, -0.25) is 0 Å². The zero-order chi connectivity index (χ0) is 11.2. The van der Waals surface area contributed by atoms with Gasteiger partial charge in [0, 0.05) is 12.1 Å². The molecule has 0 fully saturated rings. The molecule has 88 valence electrons. The minimum Gasteiger partial charge on any atom is -0.332 e. The molecule has 16 heavy (non-hydrogen) atoms. The van der Waals surface area contributed by atoms with Crippen LogP contribution in [-0.4, -0.2) is 18.1 Å². The molecule has 0 aromatic rings. The van der Waals surface area contributed by atoms with E-state index in [-0.39, 0.29) is 18.1 Å². The molecule has 0 saturated carbocycles. The number of rotatable bonds is 2. The Morgan fingerprint density at radius 1 is 0.938 bits per heavy atom. The Hall–Kier alpha value is -1.25. The van der Waals surface area contributed by atoms with Crippen LogP contribution >= 0.6 is 0 Å². The molecule has 0 heterocycles. The first kappa shape index (κ1) is 11.2. The van der Waals surface area contributed by atoms with Gasteiger partial charge in [-0.05, 0) is 38.5 Å². The fourth-order valence-corrected chi connectivity index (χ4v) is 2.24. The molecule has 2 rings (SSSR count). The average molecular weight is 220 g/mol. The SMILES string of the molecule is O=C(N[C@@H]1C=CCCC1)N[C@H]1C=CCCC1. The van der Waals surface area contributed by atoms with E-state index in [1.165, 1.54) is 12.8 Å². The van der Waals surface area contributed by atoms with Gasteiger partial charge in [0.15, 0.2) is 0 Å². The Balaban J connectivity index is 1.74. The van der Waals surface area contributed by atoms with Crippen molar-refractivity contribution in [1.82, 2.24) is 10.6 Å². The maximum atomic E-state index is 11.7. The zero-order valence-electron chi connectivity index (χ0n) is 9.61. The molecule has 2 N–H and O–H groups in total. The Labute approximate surface area is 97.0 Å². The topological polar surface area (TPSA) is 41.1 Å². The van der Waals surface area contributed by atoms with E-state index in [0.29, 0.717) is 0 Å². The van der Waals surface area contributed by atoms with Crippen LogP contribution in [0.3, 0.4) is 0 Å². The second-order valence-electron chi connectivity index (χ2n) is 4.55. The normalized spacial score (nSPS) is 28.8. The Morgan fingerprint density at radius 3 is 1.81 bits per heavy atom. The summed E-state index contributed by atoms with van der Waals surface area (Å²) in [6.45, 7) is 0. The van der Waals surface area contributed by atoms with Crippen LogP contribution in [0.25, 0.3) is 0 Å². The number of carbonyl (C=O) groups excluding carboxylic acids is 1. The van der Waals surface area contributed by atoms with Crippen LogP contribution in [0.5, 0.6) is 0 Å². The first-order valence-corrected chi connectivity index (χ1v) is 6.25. The van der Waals surface area contributed by atoms with Crippen LogP contribution < -0.4 is 10.6 Å². The minimum atomic E-state index is -0.0342. The monoisotopic (exact) mass is 220 g/mol. The Bertz CT molecular complexity index is 268. The molecule has 2 aliphatic rings. The van der Waals surface area contributed by atoms with Gasteiger partial charge in [0.2, 0.25) is 0 Å². The highest BCUT2D eigenvalue weighted by Gasteiger charge is 2.14. The number of hydrogen-bond acceptors (Lipinski definition) is 1. The second-order valence-corrected chi connectivity index (χ2v) is 4.55. The molecule has 0 spiro atoms. The predicted molar refractivity (Wildman–Crippen MR) is 65.2 cm³/mol. The van der Waals surface area contributed by atoms with Gasteiger partial charge >= 0.3 is 6.03 Å². The highest BCUT2D eigenvalue weighted by Crippen LogP contribution is 2.11. The van der Waals surface area contributed by atoms with E-state index >= 15 is 0 Å². The highest BCUT2D eigenvalue weighted by atomic mass is 16.2. The van der Waals surface area contributed by atoms with Gasteiger partial charge in [-0.25, -0.2) is 4.79 Å². The molecular formula is C13H20N2O. The number of allylic oxidation sites excluding steroid dienone is 2. The molecule has 3 nitrogen and oxygen atoms in total. The molecule has 0 aromatic carbocycles. The molecule has 3 heteroatoms. The summed E-state index contributed by atoms with van der Waals surface area (Å²) in [5, 5.41) is 5.99. The maximum Gasteiger partial charge on any atom is 0.315 e. The van der Waals surface area contributed by atoms with Crippen molar-refractivity contribution in [3.05, 3.63) is 24.3 Å². The van der Waals surface area contributed by atoms with E-state index in [0.717, 1.165) is 25.7 Å². The van der Waals surface area contributed by atoms with Crippen molar-refractivity contribution in [1.29, 1.82) is 0 Å². The molecule has 2 aliphatic carbocycles. The van der Waals surface area contributed by atoms with Gasteiger partial charge < -0.3 is 10.6 Å². The predicted octanol–water partition coefficient (Wildman–Crippen LogP) is 2.50. The third kappa shape index (κ3) is 3.40. The molecule has 0 aromatic heterocycles. The largest absolute Gasteiger partial charge is 0.332 e. The van der Waals surface area contributed by atoms with Crippen molar-refractivity contribution in [3.63, 3.8) is 0 Å². The van der Waals surface area contributed by atoms with Crippen LogP contribution in [0, 0.1) is 0 Å². The molecule has 0 bridgehead atoms. The molecule has 0 radical (unpaired) electrons. The van der Waals surface area contributed by atoms with Gasteiger partial charge in [0.05, 0.1) is 0 Å². The summed E-state index contributed by atoms with van der Waals surface area (Å²) >= 11 is 0.